The Kier molecular flexibility index (Phi) is 2.57. The number of pyridine rings is 1. The molecule has 0 aliphatic carbocycles. The van der Waals surface area contributed by atoms with Gasteiger partial charge in [-0.25, -0.2) is 8.78 Å². The van der Waals surface area contributed by atoms with E-state index in [-0.39, 0.29) is 5.52 Å². The first kappa shape index (κ1) is 10.0. The number of nitrogens with zero attached hydrogens (tertiary/aromatic N) is 1. The summed E-state index contributed by atoms with van der Waals surface area (Å²) in [4.78, 5) is 3.80. The highest BCUT2D eigenvalue weighted by Crippen LogP contribution is 2.28. The van der Waals surface area contributed by atoms with Crippen molar-refractivity contribution in [3.05, 3.63) is 38.6 Å². The van der Waals surface area contributed by atoms with Gasteiger partial charge in [0.1, 0.15) is 5.52 Å². The number of rotatable bonds is 0. The summed E-state index contributed by atoms with van der Waals surface area (Å²) in [5.74, 6) is -1.87. The van der Waals surface area contributed by atoms with Gasteiger partial charge < -0.3 is 0 Å². The van der Waals surface area contributed by atoms with Crippen LogP contribution in [0.2, 0.25) is 5.02 Å². The third-order valence-corrected chi connectivity index (χ3v) is 3.37. The quantitative estimate of drug-likeness (QED) is 0.672. The van der Waals surface area contributed by atoms with Gasteiger partial charge >= 0.3 is 0 Å². The first-order valence-electron chi connectivity index (χ1n) is 3.69. The summed E-state index contributed by atoms with van der Waals surface area (Å²) in [6.45, 7) is 0. The van der Waals surface area contributed by atoms with E-state index in [4.69, 9.17) is 11.6 Å². The lowest BCUT2D eigenvalue weighted by Crippen LogP contribution is -1.91. The molecule has 0 unspecified atom stereocenters. The molecule has 1 aromatic carbocycles. The van der Waals surface area contributed by atoms with Gasteiger partial charge in [-0.15, -0.1) is 0 Å². The molecule has 0 saturated heterocycles. The van der Waals surface area contributed by atoms with Crippen molar-refractivity contribution >= 4 is 45.1 Å². The molecule has 0 spiro atoms. The van der Waals surface area contributed by atoms with Gasteiger partial charge in [-0.05, 0) is 34.7 Å². The molecular weight excluding hydrogens is 322 g/mol. The molecule has 0 atom stereocenters. The van der Waals surface area contributed by atoms with Crippen LogP contribution in [0.4, 0.5) is 8.78 Å². The van der Waals surface area contributed by atoms with Crippen molar-refractivity contribution in [1.29, 1.82) is 0 Å². The molecule has 14 heavy (non-hydrogen) atoms. The fraction of sp³-hybridized carbons (Fsp3) is 0. The first-order chi connectivity index (χ1) is 6.61. The first-order valence-corrected chi connectivity index (χ1v) is 5.14. The molecule has 0 amide bonds. The maximum Gasteiger partial charge on any atom is 0.185 e. The van der Waals surface area contributed by atoms with Crippen LogP contribution < -0.4 is 0 Å². The minimum atomic E-state index is -0.958. The van der Waals surface area contributed by atoms with Crippen molar-refractivity contribution in [1.82, 2.24) is 4.98 Å². The zero-order valence-corrected chi connectivity index (χ0v) is 9.60. The molecule has 1 heterocycles. The van der Waals surface area contributed by atoms with Crippen molar-refractivity contribution < 1.29 is 8.78 Å². The maximum absolute atomic E-state index is 13.2. The number of hydrogen-bond donors (Lipinski definition) is 0. The Morgan fingerprint density at radius 1 is 1.29 bits per heavy atom. The van der Waals surface area contributed by atoms with Crippen molar-refractivity contribution in [3.63, 3.8) is 0 Å². The molecule has 5 heteroatoms. The zero-order valence-electron chi connectivity index (χ0n) is 6.69. The molecule has 1 aromatic heterocycles. The summed E-state index contributed by atoms with van der Waals surface area (Å²) in [6.07, 6.45) is 1.41. The minimum Gasteiger partial charge on any atom is -0.252 e. The second-order valence-corrected chi connectivity index (χ2v) is 4.22. The average Bonchev–Trinajstić information content (AvgIpc) is 2.17. The number of fused-ring (bicyclic) bond motifs is 1. The maximum atomic E-state index is 13.2. The lowest BCUT2D eigenvalue weighted by Gasteiger charge is -2.03. The Labute approximate surface area is 97.2 Å². The molecule has 0 bridgehead atoms. The van der Waals surface area contributed by atoms with E-state index in [1.165, 1.54) is 12.3 Å². The molecule has 72 valence electrons. The third kappa shape index (κ3) is 1.46. The van der Waals surface area contributed by atoms with Gasteiger partial charge in [-0.3, -0.25) is 4.98 Å². The summed E-state index contributed by atoms with van der Waals surface area (Å²) in [5, 5.41) is 0.826. The summed E-state index contributed by atoms with van der Waals surface area (Å²) in [6, 6.07) is 2.46. The predicted molar refractivity (Wildman–Crippen MR) is 59.4 cm³/mol. The van der Waals surface area contributed by atoms with Crippen molar-refractivity contribution in [2.75, 3.05) is 0 Å². The summed E-state index contributed by atoms with van der Waals surface area (Å²) >= 11 is 7.90. The number of aromatic nitrogens is 1. The smallest absolute Gasteiger partial charge is 0.185 e. The molecule has 0 saturated carbocycles. The van der Waals surface area contributed by atoms with Crippen LogP contribution in [0.3, 0.4) is 0 Å². The molecule has 0 fully saturated rings. The van der Waals surface area contributed by atoms with Crippen LogP contribution in [-0.4, -0.2) is 4.98 Å². The highest BCUT2D eigenvalue weighted by molar-refractivity contribution is 14.1. The normalized spacial score (nSPS) is 10.9. The highest BCUT2D eigenvalue weighted by atomic mass is 127. The van der Waals surface area contributed by atoms with Crippen LogP contribution in [0.25, 0.3) is 10.9 Å². The standard InChI is InChI=1S/C9H3ClF2IN/c10-7-4-1-2-5(11)8(12)9(4)14-3-6(7)13/h1-3H. The predicted octanol–water partition coefficient (Wildman–Crippen LogP) is 3.77. The highest BCUT2D eigenvalue weighted by Gasteiger charge is 2.11. The molecule has 0 aliphatic rings. The van der Waals surface area contributed by atoms with E-state index in [1.54, 1.807) is 0 Å². The summed E-state index contributed by atoms with van der Waals surface area (Å²) < 4.78 is 26.7. The van der Waals surface area contributed by atoms with Crippen LogP contribution >= 0.6 is 34.2 Å². The Morgan fingerprint density at radius 2 is 2.00 bits per heavy atom. The van der Waals surface area contributed by atoms with Gasteiger partial charge in [0.05, 0.1) is 8.59 Å². The van der Waals surface area contributed by atoms with Crippen LogP contribution in [0, 0.1) is 15.2 Å². The van der Waals surface area contributed by atoms with Crippen LogP contribution in [0.15, 0.2) is 18.3 Å². The van der Waals surface area contributed by atoms with Crippen molar-refractivity contribution in [3.8, 4) is 0 Å². The summed E-state index contributed by atoms with van der Waals surface area (Å²) in [7, 11) is 0. The monoisotopic (exact) mass is 325 g/mol. The largest absolute Gasteiger partial charge is 0.252 e. The van der Waals surface area contributed by atoms with Gasteiger partial charge in [0.2, 0.25) is 0 Å². The van der Waals surface area contributed by atoms with Gasteiger partial charge in [0.25, 0.3) is 0 Å². The lowest BCUT2D eigenvalue weighted by atomic mass is 10.2. The van der Waals surface area contributed by atoms with E-state index in [0.717, 1.165) is 6.07 Å². The zero-order chi connectivity index (χ0) is 10.3. The van der Waals surface area contributed by atoms with E-state index in [9.17, 15) is 8.78 Å². The van der Waals surface area contributed by atoms with Crippen molar-refractivity contribution in [2.24, 2.45) is 0 Å². The fourth-order valence-corrected chi connectivity index (χ4v) is 1.78. The molecule has 0 radical (unpaired) electrons. The van der Waals surface area contributed by atoms with E-state index in [1.807, 2.05) is 22.6 Å². The average molecular weight is 325 g/mol. The minimum absolute atomic E-state index is 0.0320. The van der Waals surface area contributed by atoms with E-state index < -0.39 is 11.6 Å². The van der Waals surface area contributed by atoms with Gasteiger partial charge in [0.15, 0.2) is 11.6 Å². The van der Waals surface area contributed by atoms with E-state index >= 15 is 0 Å². The Hall–Kier alpha value is -0.490. The van der Waals surface area contributed by atoms with Crippen molar-refractivity contribution in [2.45, 2.75) is 0 Å². The molecule has 0 N–H and O–H groups in total. The molecule has 0 aliphatic heterocycles. The SMILES string of the molecule is Fc1ccc2c(Cl)c(I)cnc2c1F. The lowest BCUT2D eigenvalue weighted by molar-refractivity contribution is 0.515. The number of benzene rings is 1. The third-order valence-electron chi connectivity index (χ3n) is 1.82. The second-order valence-electron chi connectivity index (χ2n) is 2.68. The number of halogens is 4. The molecule has 1 nitrogen and oxygen atoms in total. The summed E-state index contributed by atoms with van der Waals surface area (Å²) in [5.41, 5.74) is -0.0320. The van der Waals surface area contributed by atoms with Crippen LogP contribution in [0.1, 0.15) is 0 Å². The van der Waals surface area contributed by atoms with Gasteiger partial charge in [0, 0.05) is 11.6 Å². The van der Waals surface area contributed by atoms with E-state index in [2.05, 4.69) is 4.98 Å². The van der Waals surface area contributed by atoms with Gasteiger partial charge in [-0.1, -0.05) is 11.6 Å². The van der Waals surface area contributed by atoms with E-state index in [0.29, 0.717) is 14.0 Å². The van der Waals surface area contributed by atoms with Gasteiger partial charge in [-0.2, -0.15) is 0 Å². The fourth-order valence-electron chi connectivity index (χ4n) is 1.15. The second kappa shape index (κ2) is 3.58. The molecule has 2 rings (SSSR count). The Morgan fingerprint density at radius 3 is 2.71 bits per heavy atom. The Balaban J connectivity index is 2.94. The molecule has 2 aromatic rings. The Bertz CT molecular complexity index is 468. The topological polar surface area (TPSA) is 12.9 Å². The van der Waals surface area contributed by atoms with Crippen LogP contribution in [-0.2, 0) is 0 Å². The molecular formula is C9H3ClF2IN. The number of hydrogen-bond acceptors (Lipinski definition) is 1. The van der Waals surface area contributed by atoms with Crippen LogP contribution in [0.5, 0.6) is 0 Å².